The van der Waals surface area contributed by atoms with Crippen molar-refractivity contribution >= 4 is 41.3 Å². The lowest BCUT2D eigenvalue weighted by Crippen LogP contribution is -2.39. The van der Waals surface area contributed by atoms with E-state index in [0.717, 1.165) is 62.3 Å². The number of ether oxygens (including phenoxy) is 3. The molecule has 0 aliphatic carbocycles. The van der Waals surface area contributed by atoms with Gasteiger partial charge < -0.3 is 24.4 Å². The molecule has 7 nitrogen and oxygen atoms in total. The second-order valence-corrected chi connectivity index (χ2v) is 7.31. The molecule has 1 atom stereocenters. The zero-order valence-corrected chi connectivity index (χ0v) is 19.9. The first-order chi connectivity index (χ1) is 12.6. The largest absolute Gasteiger partial charge is 0.381 e. The quantitative estimate of drug-likeness (QED) is 0.238. The van der Waals surface area contributed by atoms with Crippen molar-refractivity contribution in [3.8, 4) is 0 Å². The van der Waals surface area contributed by atoms with E-state index < -0.39 is 0 Å². The van der Waals surface area contributed by atoms with Crippen molar-refractivity contribution in [2.75, 3.05) is 47.6 Å². The summed E-state index contributed by atoms with van der Waals surface area (Å²) in [6.45, 7) is 5.97. The maximum absolute atomic E-state index is 5.90. The van der Waals surface area contributed by atoms with Crippen molar-refractivity contribution in [1.29, 1.82) is 0 Å². The number of nitrogens with zero attached hydrogens (tertiary/aromatic N) is 3. The van der Waals surface area contributed by atoms with E-state index in [1.165, 1.54) is 0 Å². The Labute approximate surface area is 183 Å². The molecule has 1 N–H and O–H groups in total. The second kappa shape index (κ2) is 13.6. The molecule has 2 heterocycles. The molecule has 2 rings (SSSR count). The van der Waals surface area contributed by atoms with Crippen LogP contribution >= 0.6 is 35.3 Å². The SMILES string of the molecule is CN=C(NCCCOC1CCOCC1)N(C)Cc1csc(C(C)OC)n1.I. The molecule has 0 aromatic carbocycles. The van der Waals surface area contributed by atoms with Gasteiger partial charge >= 0.3 is 0 Å². The summed E-state index contributed by atoms with van der Waals surface area (Å²) in [6, 6.07) is 0. The van der Waals surface area contributed by atoms with Gasteiger partial charge in [-0.25, -0.2) is 4.98 Å². The standard InChI is InChI=1S/C18H32N4O3S.HI/c1-14(23-4)17-21-15(13-26-17)12-22(3)18(19-2)20-8-5-9-25-16-6-10-24-11-7-16;/h13-14,16H,5-12H2,1-4H3,(H,19,20);1H. The van der Waals surface area contributed by atoms with Gasteiger partial charge in [0.15, 0.2) is 5.96 Å². The van der Waals surface area contributed by atoms with E-state index in [4.69, 9.17) is 14.2 Å². The Morgan fingerprint density at radius 2 is 2.22 bits per heavy atom. The van der Waals surface area contributed by atoms with Crippen LogP contribution in [0.2, 0.25) is 0 Å². The predicted octanol–water partition coefficient (Wildman–Crippen LogP) is 3.06. The first-order valence-corrected chi connectivity index (χ1v) is 10.1. The zero-order valence-electron chi connectivity index (χ0n) is 16.8. The van der Waals surface area contributed by atoms with E-state index in [-0.39, 0.29) is 30.1 Å². The van der Waals surface area contributed by atoms with Crippen molar-refractivity contribution in [3.63, 3.8) is 0 Å². The van der Waals surface area contributed by atoms with E-state index in [2.05, 4.69) is 25.6 Å². The number of aliphatic imine (C=N–C) groups is 1. The van der Waals surface area contributed by atoms with Crippen molar-refractivity contribution in [2.24, 2.45) is 4.99 Å². The lowest BCUT2D eigenvalue weighted by Gasteiger charge is -2.23. The first-order valence-electron chi connectivity index (χ1n) is 9.22. The molecule has 1 aromatic rings. The molecule has 0 amide bonds. The molecule has 156 valence electrons. The van der Waals surface area contributed by atoms with E-state index in [1.807, 2.05) is 14.0 Å². The fraction of sp³-hybridized carbons (Fsp3) is 0.778. The van der Waals surface area contributed by atoms with Crippen LogP contribution in [0.15, 0.2) is 10.4 Å². The molecular formula is C18H33IN4O3S. The first kappa shape index (κ1) is 24.5. The lowest BCUT2D eigenvalue weighted by molar-refractivity contribution is -0.0320. The smallest absolute Gasteiger partial charge is 0.193 e. The van der Waals surface area contributed by atoms with Gasteiger partial charge in [0.2, 0.25) is 0 Å². The average molecular weight is 512 g/mol. The van der Waals surface area contributed by atoms with Crippen LogP contribution in [0.3, 0.4) is 0 Å². The highest BCUT2D eigenvalue weighted by Crippen LogP contribution is 2.20. The van der Waals surface area contributed by atoms with Crippen LogP contribution in [0.4, 0.5) is 0 Å². The number of guanidine groups is 1. The highest BCUT2D eigenvalue weighted by atomic mass is 127. The summed E-state index contributed by atoms with van der Waals surface area (Å²) in [7, 11) is 5.53. The topological polar surface area (TPSA) is 68.2 Å². The van der Waals surface area contributed by atoms with Crippen molar-refractivity contribution in [1.82, 2.24) is 15.2 Å². The predicted molar refractivity (Wildman–Crippen MR) is 120 cm³/mol. The minimum Gasteiger partial charge on any atom is -0.381 e. The monoisotopic (exact) mass is 512 g/mol. The summed E-state index contributed by atoms with van der Waals surface area (Å²) >= 11 is 1.63. The van der Waals surface area contributed by atoms with E-state index in [0.29, 0.717) is 12.6 Å². The van der Waals surface area contributed by atoms with Crippen LogP contribution in [-0.2, 0) is 20.8 Å². The Bertz CT molecular complexity index is 552. The molecule has 1 saturated heterocycles. The number of aromatic nitrogens is 1. The molecular weight excluding hydrogens is 479 g/mol. The van der Waals surface area contributed by atoms with E-state index >= 15 is 0 Å². The third kappa shape index (κ3) is 8.59. The Morgan fingerprint density at radius 3 is 2.89 bits per heavy atom. The van der Waals surface area contributed by atoms with Crippen molar-refractivity contribution < 1.29 is 14.2 Å². The third-order valence-corrected chi connectivity index (χ3v) is 5.42. The Hall–Kier alpha value is -0.490. The van der Waals surface area contributed by atoms with Gasteiger partial charge in [0.1, 0.15) is 11.1 Å². The number of methoxy groups -OCH3 is 1. The maximum Gasteiger partial charge on any atom is 0.193 e. The minimum atomic E-state index is 0. The molecule has 9 heteroatoms. The van der Waals surface area contributed by atoms with Crippen LogP contribution < -0.4 is 5.32 Å². The summed E-state index contributed by atoms with van der Waals surface area (Å²) < 4.78 is 16.6. The fourth-order valence-corrected chi connectivity index (χ4v) is 3.59. The van der Waals surface area contributed by atoms with Gasteiger partial charge in [0.25, 0.3) is 0 Å². The second-order valence-electron chi connectivity index (χ2n) is 6.42. The summed E-state index contributed by atoms with van der Waals surface area (Å²) in [5.74, 6) is 0.866. The van der Waals surface area contributed by atoms with Gasteiger partial charge in [0, 0.05) is 53.0 Å². The van der Waals surface area contributed by atoms with Crippen LogP contribution in [0.1, 0.15) is 43.0 Å². The summed E-state index contributed by atoms with van der Waals surface area (Å²) in [4.78, 5) is 11.1. The summed E-state index contributed by atoms with van der Waals surface area (Å²) in [5, 5.41) is 6.47. The minimum absolute atomic E-state index is 0. The number of halogens is 1. The molecule has 0 bridgehead atoms. The molecule has 0 saturated carbocycles. The van der Waals surface area contributed by atoms with E-state index in [9.17, 15) is 0 Å². The molecule has 1 aliphatic rings. The van der Waals surface area contributed by atoms with Crippen molar-refractivity contribution in [2.45, 2.75) is 44.9 Å². The van der Waals surface area contributed by atoms with E-state index in [1.54, 1.807) is 25.5 Å². The van der Waals surface area contributed by atoms with Gasteiger partial charge in [-0.2, -0.15) is 0 Å². The van der Waals surface area contributed by atoms with Crippen LogP contribution in [0.5, 0.6) is 0 Å². The number of hydrogen-bond acceptors (Lipinski definition) is 6. The maximum atomic E-state index is 5.90. The van der Waals surface area contributed by atoms with Gasteiger partial charge in [-0.15, -0.1) is 35.3 Å². The third-order valence-electron chi connectivity index (χ3n) is 4.37. The van der Waals surface area contributed by atoms with Gasteiger partial charge in [-0.3, -0.25) is 4.99 Å². The lowest BCUT2D eigenvalue weighted by atomic mass is 10.1. The molecule has 1 fully saturated rings. The van der Waals surface area contributed by atoms with Crippen LogP contribution in [0.25, 0.3) is 0 Å². The van der Waals surface area contributed by atoms with Gasteiger partial charge in [0.05, 0.1) is 18.3 Å². The number of rotatable bonds is 9. The highest BCUT2D eigenvalue weighted by molar-refractivity contribution is 14.0. The number of thiazole rings is 1. The van der Waals surface area contributed by atoms with Gasteiger partial charge in [-0.1, -0.05) is 0 Å². The molecule has 0 radical (unpaired) electrons. The van der Waals surface area contributed by atoms with Gasteiger partial charge in [-0.05, 0) is 26.2 Å². The molecule has 1 aromatic heterocycles. The summed E-state index contributed by atoms with van der Waals surface area (Å²) in [5.41, 5.74) is 1.03. The number of hydrogen-bond donors (Lipinski definition) is 1. The fourth-order valence-electron chi connectivity index (χ4n) is 2.75. The molecule has 27 heavy (non-hydrogen) atoms. The molecule has 0 spiro atoms. The Morgan fingerprint density at radius 1 is 1.48 bits per heavy atom. The molecule has 1 aliphatic heterocycles. The Balaban J connectivity index is 0.00000364. The van der Waals surface area contributed by atoms with Crippen molar-refractivity contribution in [3.05, 3.63) is 16.1 Å². The normalized spacial score (nSPS) is 16.7. The average Bonchev–Trinajstić information content (AvgIpc) is 3.13. The Kier molecular flexibility index (Phi) is 12.4. The highest BCUT2D eigenvalue weighted by Gasteiger charge is 2.14. The summed E-state index contributed by atoms with van der Waals surface area (Å²) in [6.07, 6.45) is 3.37. The number of nitrogens with one attached hydrogen (secondary N) is 1. The molecule has 1 unspecified atom stereocenters. The zero-order chi connectivity index (χ0) is 18.8. The van der Waals surface area contributed by atoms with Crippen LogP contribution in [-0.4, -0.2) is 69.5 Å². The van der Waals surface area contributed by atoms with Crippen LogP contribution in [0, 0.1) is 0 Å².